The van der Waals surface area contributed by atoms with Gasteiger partial charge in [-0.25, -0.2) is 0 Å². The highest BCUT2D eigenvalue weighted by atomic mass is 28.4. The molecule has 0 aromatic heterocycles. The molecule has 0 saturated heterocycles. The van der Waals surface area contributed by atoms with Crippen molar-refractivity contribution in [3.8, 4) is 5.75 Å². The Morgan fingerprint density at radius 3 is 0.937 bits per heavy atom. The third-order valence-electron chi connectivity index (χ3n) is 9.23. The lowest BCUT2D eigenvalue weighted by molar-refractivity contribution is -0.384. The van der Waals surface area contributed by atoms with Crippen molar-refractivity contribution in [2.24, 2.45) is 0 Å². The van der Waals surface area contributed by atoms with Crippen molar-refractivity contribution in [1.82, 2.24) is 0 Å². The molecule has 0 fully saturated rings. The Morgan fingerprint density at radius 1 is 0.397 bits per heavy atom. The standard InChI is InChI=1S/C46H71NO15Si/c1-46(2,3)63(44-10-6-4-7-11-44,45-12-8-5-9-13-45)62-41-39-60-37-35-58-33-31-56-29-27-54-25-23-52-21-19-50-18-20-51-22-24-53-26-28-55-30-32-57-34-36-59-38-40-61-43-16-14-42(15-17-43)47(48)49/h4-17H,18-41H2,1-3H3. The number of hydrogen-bond acceptors (Lipinski definition) is 15. The van der Waals surface area contributed by atoms with Crippen molar-refractivity contribution in [3.05, 3.63) is 95.0 Å². The molecular formula is C46H71NO15Si. The van der Waals surface area contributed by atoms with Crippen molar-refractivity contribution >= 4 is 24.4 Å². The van der Waals surface area contributed by atoms with Crippen molar-refractivity contribution in [1.29, 1.82) is 0 Å². The zero-order valence-corrected chi connectivity index (χ0v) is 38.6. The molecule has 0 aliphatic carbocycles. The van der Waals surface area contributed by atoms with Crippen LogP contribution in [0.2, 0.25) is 5.04 Å². The van der Waals surface area contributed by atoms with Crippen LogP contribution in [-0.2, 0) is 56.5 Å². The van der Waals surface area contributed by atoms with E-state index in [2.05, 4.69) is 81.4 Å². The minimum Gasteiger partial charge on any atom is -0.491 e. The molecule has 0 amide bonds. The average molecular weight is 906 g/mol. The molecule has 3 rings (SSSR count). The van der Waals surface area contributed by atoms with Crippen LogP contribution in [0.5, 0.6) is 5.75 Å². The molecule has 0 aliphatic rings. The normalized spacial score (nSPS) is 11.9. The Hall–Kier alpha value is -3.40. The maximum atomic E-state index is 10.7. The molecule has 0 aliphatic heterocycles. The zero-order chi connectivity index (χ0) is 44.9. The SMILES string of the molecule is CC(C)(C)[Si](OCCOCCOCCOCCOCCOCCOCCOCCOCCOCCOCCOCCOc1ccc([N+](=O)[O-])cc1)(c1ccccc1)c1ccccc1. The van der Waals surface area contributed by atoms with Gasteiger partial charge in [-0.15, -0.1) is 0 Å². The molecule has 3 aromatic carbocycles. The van der Waals surface area contributed by atoms with Crippen LogP contribution >= 0.6 is 0 Å². The molecule has 63 heavy (non-hydrogen) atoms. The second-order valence-electron chi connectivity index (χ2n) is 14.8. The summed E-state index contributed by atoms with van der Waals surface area (Å²) in [5, 5.41) is 13.1. The summed E-state index contributed by atoms with van der Waals surface area (Å²) >= 11 is 0. The first-order valence-electron chi connectivity index (χ1n) is 21.8. The van der Waals surface area contributed by atoms with E-state index >= 15 is 0 Å². The summed E-state index contributed by atoms with van der Waals surface area (Å²) in [7, 11) is -2.55. The Labute approximate surface area is 374 Å². The van der Waals surface area contributed by atoms with Gasteiger partial charge in [0.15, 0.2) is 0 Å². The fourth-order valence-corrected chi connectivity index (χ4v) is 10.7. The summed E-state index contributed by atoms with van der Waals surface area (Å²) in [6.07, 6.45) is 0. The van der Waals surface area contributed by atoms with E-state index in [1.165, 1.54) is 22.5 Å². The Bertz CT molecular complexity index is 1480. The number of nitrogens with zero attached hydrogens (tertiary/aromatic N) is 1. The van der Waals surface area contributed by atoms with Crippen molar-refractivity contribution < 1.29 is 66.2 Å². The number of hydrogen-bond donors (Lipinski definition) is 0. The second-order valence-corrected chi connectivity index (χ2v) is 19.2. The van der Waals surface area contributed by atoms with Crippen molar-refractivity contribution in [3.63, 3.8) is 0 Å². The fourth-order valence-electron chi connectivity index (χ4n) is 6.20. The van der Waals surface area contributed by atoms with Crippen LogP contribution in [0.15, 0.2) is 84.9 Å². The van der Waals surface area contributed by atoms with E-state index in [1.807, 2.05) is 0 Å². The van der Waals surface area contributed by atoms with Crippen LogP contribution < -0.4 is 15.1 Å². The van der Waals surface area contributed by atoms with E-state index in [1.54, 1.807) is 12.1 Å². The van der Waals surface area contributed by atoms with Crippen LogP contribution in [0.4, 0.5) is 5.69 Å². The second kappa shape index (κ2) is 34.9. The van der Waals surface area contributed by atoms with Gasteiger partial charge in [0.2, 0.25) is 0 Å². The lowest BCUT2D eigenvalue weighted by atomic mass is 10.2. The molecule has 0 saturated carbocycles. The number of nitro benzene ring substituents is 1. The molecular weight excluding hydrogens is 835 g/mol. The van der Waals surface area contributed by atoms with Gasteiger partial charge >= 0.3 is 0 Å². The molecule has 17 heteroatoms. The number of non-ortho nitro benzene ring substituents is 1. The summed E-state index contributed by atoms with van der Waals surface area (Å²) in [4.78, 5) is 10.2. The maximum absolute atomic E-state index is 10.7. The molecule has 354 valence electrons. The first-order chi connectivity index (χ1) is 30.8. The Balaban J connectivity index is 0.972. The average Bonchev–Trinajstić information content (AvgIpc) is 3.29. The summed E-state index contributed by atoms with van der Waals surface area (Å²) in [6, 6.07) is 27.2. The van der Waals surface area contributed by atoms with Gasteiger partial charge in [-0.2, -0.15) is 0 Å². The largest absolute Gasteiger partial charge is 0.491 e. The smallest absolute Gasteiger partial charge is 0.269 e. The molecule has 0 bridgehead atoms. The van der Waals surface area contributed by atoms with Gasteiger partial charge in [0.25, 0.3) is 14.0 Å². The van der Waals surface area contributed by atoms with Gasteiger partial charge in [0.1, 0.15) is 12.4 Å². The first-order valence-corrected chi connectivity index (χ1v) is 23.7. The van der Waals surface area contributed by atoms with Crippen LogP contribution in [0, 0.1) is 10.1 Å². The monoisotopic (exact) mass is 905 g/mol. The van der Waals surface area contributed by atoms with Crippen molar-refractivity contribution in [2.75, 3.05) is 159 Å². The summed E-state index contributed by atoms with van der Waals surface area (Å²) in [5.74, 6) is 0.554. The molecule has 0 N–H and O–H groups in total. The van der Waals surface area contributed by atoms with Crippen LogP contribution in [0.25, 0.3) is 0 Å². The van der Waals surface area contributed by atoms with Gasteiger partial charge in [-0.3, -0.25) is 10.1 Å². The van der Waals surface area contributed by atoms with E-state index < -0.39 is 13.2 Å². The van der Waals surface area contributed by atoms with Gasteiger partial charge in [0.05, 0.1) is 157 Å². The third-order valence-corrected chi connectivity index (χ3v) is 14.3. The quantitative estimate of drug-likeness (QED) is 0.0332. The van der Waals surface area contributed by atoms with E-state index in [0.29, 0.717) is 164 Å². The topological polar surface area (TPSA) is 163 Å². The van der Waals surface area contributed by atoms with Crippen LogP contribution in [0.3, 0.4) is 0 Å². The highest BCUT2D eigenvalue weighted by Gasteiger charge is 2.50. The summed E-state index contributed by atoms with van der Waals surface area (Å²) in [5.41, 5.74) is 0.0237. The third kappa shape index (κ3) is 23.9. The fraction of sp³-hybridized carbons (Fsp3) is 0.609. The lowest BCUT2D eigenvalue weighted by Crippen LogP contribution is -2.66. The predicted octanol–water partition coefficient (Wildman–Crippen LogP) is 4.73. The molecule has 0 heterocycles. The van der Waals surface area contributed by atoms with Gasteiger partial charge < -0.3 is 61.3 Å². The number of nitro groups is 1. The van der Waals surface area contributed by atoms with E-state index in [-0.39, 0.29) is 10.7 Å². The zero-order valence-electron chi connectivity index (χ0n) is 37.6. The highest BCUT2D eigenvalue weighted by molar-refractivity contribution is 6.99. The summed E-state index contributed by atoms with van der Waals surface area (Å²) < 4.78 is 73.5. The molecule has 16 nitrogen and oxygen atoms in total. The van der Waals surface area contributed by atoms with Gasteiger partial charge in [-0.1, -0.05) is 81.4 Å². The van der Waals surface area contributed by atoms with E-state index in [4.69, 9.17) is 61.3 Å². The molecule has 0 unspecified atom stereocenters. The molecule has 0 radical (unpaired) electrons. The molecule has 0 atom stereocenters. The van der Waals surface area contributed by atoms with Crippen molar-refractivity contribution in [2.45, 2.75) is 25.8 Å². The minimum atomic E-state index is -2.55. The predicted molar refractivity (Wildman–Crippen MR) is 241 cm³/mol. The van der Waals surface area contributed by atoms with Gasteiger partial charge in [-0.05, 0) is 27.5 Å². The first kappa shape index (κ1) is 53.9. The van der Waals surface area contributed by atoms with Crippen LogP contribution in [0.1, 0.15) is 20.8 Å². The summed E-state index contributed by atoms with van der Waals surface area (Å²) in [6.45, 7) is 18.1. The van der Waals surface area contributed by atoms with Crippen LogP contribution in [-0.4, -0.2) is 172 Å². The Kier molecular flexibility index (Phi) is 29.9. The highest BCUT2D eigenvalue weighted by Crippen LogP contribution is 2.36. The Morgan fingerprint density at radius 2 is 0.667 bits per heavy atom. The number of benzene rings is 3. The number of rotatable bonds is 41. The van der Waals surface area contributed by atoms with E-state index in [9.17, 15) is 10.1 Å². The molecule has 0 spiro atoms. The number of ether oxygens (including phenoxy) is 12. The van der Waals surface area contributed by atoms with Gasteiger partial charge in [0, 0.05) is 12.1 Å². The minimum absolute atomic E-state index is 0.0237. The maximum Gasteiger partial charge on any atom is 0.269 e. The molecule has 3 aromatic rings. The lowest BCUT2D eigenvalue weighted by Gasteiger charge is -2.43. The van der Waals surface area contributed by atoms with E-state index in [0.717, 1.165) is 0 Å².